The molecular formula is C20H35NO2. The minimum atomic E-state index is -0.166. The van der Waals surface area contributed by atoms with Gasteiger partial charge in [-0.1, -0.05) is 63.8 Å². The molecule has 0 aromatic carbocycles. The van der Waals surface area contributed by atoms with E-state index in [9.17, 15) is 0 Å². The van der Waals surface area contributed by atoms with Gasteiger partial charge in [0.1, 0.15) is 0 Å². The molecule has 3 heteroatoms. The van der Waals surface area contributed by atoms with Gasteiger partial charge in [0.25, 0.3) is 0 Å². The second kappa shape index (κ2) is 18.9. The summed E-state index contributed by atoms with van der Waals surface area (Å²) < 4.78 is 11.6. The molecule has 3 nitrogen and oxygen atoms in total. The molecule has 0 amide bonds. The summed E-state index contributed by atoms with van der Waals surface area (Å²) in [5.41, 5.74) is 0. The Morgan fingerprint density at radius 3 is 1.87 bits per heavy atom. The van der Waals surface area contributed by atoms with Crippen molar-refractivity contribution in [3.05, 3.63) is 24.3 Å². The minimum Gasteiger partial charge on any atom is -0.349 e. The molecule has 0 N–H and O–H groups in total. The van der Waals surface area contributed by atoms with Crippen LogP contribution in [-0.2, 0) is 9.47 Å². The average molecular weight is 322 g/mol. The van der Waals surface area contributed by atoms with Gasteiger partial charge in [-0.2, -0.15) is 5.26 Å². The van der Waals surface area contributed by atoms with Crippen LogP contribution in [0.25, 0.3) is 0 Å². The smallest absolute Gasteiger partial charge is 0.158 e. The minimum absolute atomic E-state index is 0.166. The Hall–Kier alpha value is -1.11. The maximum atomic E-state index is 8.59. The van der Waals surface area contributed by atoms with Crippen molar-refractivity contribution in [3.8, 4) is 6.07 Å². The number of nitrogens with zero attached hydrogens (tertiary/aromatic N) is 1. The van der Waals surface area contributed by atoms with Gasteiger partial charge in [0.05, 0.1) is 19.3 Å². The Morgan fingerprint density at radius 2 is 1.39 bits per heavy atom. The van der Waals surface area contributed by atoms with Gasteiger partial charge in [-0.05, 0) is 32.1 Å². The third-order valence-corrected chi connectivity index (χ3v) is 3.52. The fraction of sp³-hybridized carbons (Fsp3) is 0.750. The first-order valence-electron chi connectivity index (χ1n) is 9.25. The number of ether oxygens (including phenoxy) is 2. The second-order valence-electron chi connectivity index (χ2n) is 5.73. The van der Waals surface area contributed by atoms with Crippen molar-refractivity contribution < 1.29 is 9.47 Å². The molecule has 23 heavy (non-hydrogen) atoms. The Morgan fingerprint density at radius 1 is 0.826 bits per heavy atom. The van der Waals surface area contributed by atoms with E-state index in [1.807, 2.05) is 0 Å². The molecule has 132 valence electrons. The van der Waals surface area contributed by atoms with Crippen molar-refractivity contribution in [2.75, 3.05) is 13.2 Å². The first-order chi connectivity index (χ1) is 11.3. The van der Waals surface area contributed by atoms with Gasteiger partial charge < -0.3 is 9.47 Å². The molecule has 0 aliphatic rings. The molecule has 0 aliphatic heterocycles. The van der Waals surface area contributed by atoms with Gasteiger partial charge >= 0.3 is 0 Å². The Kier molecular flexibility index (Phi) is 18.0. The summed E-state index contributed by atoms with van der Waals surface area (Å²) in [5.74, 6) is 0. The lowest BCUT2D eigenvalue weighted by Crippen LogP contribution is -2.17. The van der Waals surface area contributed by atoms with Crippen LogP contribution in [-0.4, -0.2) is 19.5 Å². The normalized spacial score (nSPS) is 11.7. The zero-order valence-corrected chi connectivity index (χ0v) is 15.1. The lowest BCUT2D eigenvalue weighted by molar-refractivity contribution is -0.131. The molecule has 0 aliphatic carbocycles. The predicted molar refractivity (Wildman–Crippen MR) is 97.1 cm³/mol. The van der Waals surface area contributed by atoms with E-state index in [4.69, 9.17) is 14.7 Å². The molecule has 0 aromatic rings. The van der Waals surface area contributed by atoms with Gasteiger partial charge in [-0.15, -0.1) is 0 Å². The summed E-state index contributed by atoms with van der Waals surface area (Å²) in [7, 11) is 0. The van der Waals surface area contributed by atoms with Crippen molar-refractivity contribution >= 4 is 0 Å². The summed E-state index contributed by atoms with van der Waals surface area (Å²) in [6.45, 7) is 5.60. The summed E-state index contributed by atoms with van der Waals surface area (Å²) in [6, 6.07) is 2.18. The van der Waals surface area contributed by atoms with Gasteiger partial charge in [0, 0.05) is 6.42 Å². The van der Waals surface area contributed by atoms with E-state index in [0.29, 0.717) is 19.6 Å². The quantitative estimate of drug-likeness (QED) is 0.201. The van der Waals surface area contributed by atoms with Crippen LogP contribution >= 0.6 is 0 Å². The monoisotopic (exact) mass is 321 g/mol. The van der Waals surface area contributed by atoms with E-state index in [1.165, 1.54) is 25.7 Å². The highest BCUT2D eigenvalue weighted by Gasteiger charge is 2.07. The topological polar surface area (TPSA) is 42.2 Å². The number of rotatable bonds is 16. The molecular weight excluding hydrogens is 286 g/mol. The fourth-order valence-corrected chi connectivity index (χ4v) is 2.07. The van der Waals surface area contributed by atoms with Crippen LogP contribution in [0.5, 0.6) is 0 Å². The SMILES string of the molecule is CCCC/C=C/COC(CCCCC#N)OC/C=C/CCCC. The van der Waals surface area contributed by atoms with Crippen molar-refractivity contribution in [3.63, 3.8) is 0 Å². The van der Waals surface area contributed by atoms with Gasteiger partial charge in [-0.3, -0.25) is 0 Å². The first kappa shape index (κ1) is 21.9. The molecule has 0 fully saturated rings. The van der Waals surface area contributed by atoms with Crippen LogP contribution in [0.3, 0.4) is 0 Å². The lowest BCUT2D eigenvalue weighted by Gasteiger charge is -2.16. The molecule has 0 atom stereocenters. The molecule has 0 bridgehead atoms. The van der Waals surface area contributed by atoms with Crippen molar-refractivity contribution in [1.82, 2.24) is 0 Å². The van der Waals surface area contributed by atoms with Crippen LogP contribution in [0.4, 0.5) is 0 Å². The predicted octanol–water partition coefficient (Wildman–Crippen LogP) is 5.92. The molecule has 0 saturated heterocycles. The van der Waals surface area contributed by atoms with Crippen LogP contribution < -0.4 is 0 Å². The molecule has 0 aromatic heterocycles. The summed E-state index contributed by atoms with van der Waals surface area (Å²) in [6.07, 6.45) is 18.9. The Bertz CT molecular complexity index is 309. The molecule has 0 heterocycles. The van der Waals surface area contributed by atoms with Crippen LogP contribution in [0.15, 0.2) is 24.3 Å². The highest BCUT2D eigenvalue weighted by Crippen LogP contribution is 2.09. The maximum Gasteiger partial charge on any atom is 0.158 e. The maximum absolute atomic E-state index is 8.59. The number of hydrogen-bond donors (Lipinski definition) is 0. The highest BCUT2D eigenvalue weighted by molar-refractivity contribution is 4.82. The van der Waals surface area contributed by atoms with Gasteiger partial charge in [-0.25, -0.2) is 0 Å². The number of unbranched alkanes of at least 4 members (excludes halogenated alkanes) is 6. The van der Waals surface area contributed by atoms with Crippen molar-refractivity contribution in [2.24, 2.45) is 0 Å². The number of nitriles is 1. The second-order valence-corrected chi connectivity index (χ2v) is 5.73. The van der Waals surface area contributed by atoms with Crippen LogP contribution in [0, 0.1) is 11.3 Å². The zero-order chi connectivity index (χ0) is 17.0. The largest absolute Gasteiger partial charge is 0.349 e. The fourth-order valence-electron chi connectivity index (χ4n) is 2.07. The summed E-state index contributed by atoms with van der Waals surface area (Å²) >= 11 is 0. The number of hydrogen-bond acceptors (Lipinski definition) is 3. The molecule has 0 rings (SSSR count). The zero-order valence-electron chi connectivity index (χ0n) is 15.1. The average Bonchev–Trinajstić information content (AvgIpc) is 2.57. The van der Waals surface area contributed by atoms with Crippen molar-refractivity contribution in [2.45, 2.75) is 84.3 Å². The van der Waals surface area contributed by atoms with Gasteiger partial charge in [0.15, 0.2) is 6.29 Å². The van der Waals surface area contributed by atoms with Gasteiger partial charge in [0.2, 0.25) is 0 Å². The summed E-state index contributed by atoms with van der Waals surface area (Å²) in [4.78, 5) is 0. The molecule has 0 saturated carbocycles. The molecule has 0 spiro atoms. The highest BCUT2D eigenvalue weighted by atomic mass is 16.7. The van der Waals surface area contributed by atoms with Crippen LogP contribution in [0.2, 0.25) is 0 Å². The van der Waals surface area contributed by atoms with E-state index >= 15 is 0 Å². The molecule has 0 radical (unpaired) electrons. The lowest BCUT2D eigenvalue weighted by atomic mass is 10.2. The molecule has 0 unspecified atom stereocenters. The van der Waals surface area contributed by atoms with E-state index in [2.05, 4.69) is 44.2 Å². The Labute approximate surface area is 143 Å². The van der Waals surface area contributed by atoms with E-state index in [-0.39, 0.29) is 6.29 Å². The number of allylic oxidation sites excluding steroid dienone is 2. The van der Waals surface area contributed by atoms with E-state index < -0.39 is 0 Å². The first-order valence-corrected chi connectivity index (χ1v) is 9.25. The standard InChI is InChI=1S/C20H35NO2/c1-3-5-7-9-14-18-22-20(16-12-11-13-17-21)23-19-15-10-8-6-4-2/h9-10,14-15,20H,3-8,11-13,16,18-19H2,1-2H3/b14-9+,15-10+. The third-order valence-electron chi connectivity index (χ3n) is 3.52. The van der Waals surface area contributed by atoms with E-state index in [1.54, 1.807) is 0 Å². The van der Waals surface area contributed by atoms with Crippen LogP contribution in [0.1, 0.15) is 78.1 Å². The third kappa shape index (κ3) is 17.1. The Balaban J connectivity index is 3.95. The van der Waals surface area contributed by atoms with E-state index in [0.717, 1.165) is 32.1 Å². The summed E-state index contributed by atoms with van der Waals surface area (Å²) in [5, 5.41) is 8.59. The van der Waals surface area contributed by atoms with Crippen molar-refractivity contribution in [1.29, 1.82) is 5.26 Å².